The second-order valence-electron chi connectivity index (χ2n) is 5.05. The van der Waals surface area contributed by atoms with Crippen LogP contribution < -0.4 is 10.1 Å². The Bertz CT molecular complexity index is 751. The molecule has 0 spiro atoms. The van der Waals surface area contributed by atoms with Crippen LogP contribution in [0.2, 0.25) is 0 Å². The number of nitrogens with one attached hydrogen (secondary N) is 1. The minimum Gasteiger partial charge on any atom is -0.470 e. The molecule has 0 bridgehead atoms. The number of aromatic nitrogens is 1. The maximum Gasteiger partial charge on any atom is 0.322 e. The number of rotatable bonds is 3. The van der Waals surface area contributed by atoms with E-state index in [0.29, 0.717) is 24.3 Å². The van der Waals surface area contributed by atoms with Crippen LogP contribution in [0.15, 0.2) is 42.6 Å². The summed E-state index contributed by atoms with van der Waals surface area (Å²) in [6.07, 6.45) is 1.35. The van der Waals surface area contributed by atoms with Gasteiger partial charge in [0.1, 0.15) is 23.6 Å². The van der Waals surface area contributed by atoms with Crippen molar-refractivity contribution in [1.82, 2.24) is 9.88 Å². The molecule has 3 rings (SSSR count). The van der Waals surface area contributed by atoms with Crippen LogP contribution in [-0.2, 0) is 0 Å². The summed E-state index contributed by atoms with van der Waals surface area (Å²) in [5.74, 6) is -0.0809. The van der Waals surface area contributed by atoms with Crippen LogP contribution in [0.3, 0.4) is 0 Å². The zero-order chi connectivity index (χ0) is 16.2. The molecule has 1 aromatic heterocycles. The van der Waals surface area contributed by atoms with Crippen LogP contribution >= 0.6 is 0 Å². The summed E-state index contributed by atoms with van der Waals surface area (Å²) in [4.78, 5) is 17.6. The van der Waals surface area contributed by atoms with Gasteiger partial charge in [0.2, 0.25) is 5.88 Å². The highest BCUT2D eigenvalue weighted by molar-refractivity contribution is 5.89. The zero-order valence-electron chi connectivity index (χ0n) is 12.1. The Balaban J connectivity index is 1.51. The number of ether oxygens (including phenoxy) is 1. The van der Waals surface area contributed by atoms with E-state index in [0.717, 1.165) is 0 Å². The monoisotopic (exact) mass is 312 g/mol. The largest absolute Gasteiger partial charge is 0.470 e. The summed E-state index contributed by atoms with van der Waals surface area (Å²) in [5, 5.41) is 11.6. The molecule has 2 heterocycles. The van der Waals surface area contributed by atoms with Gasteiger partial charge in [-0.15, -0.1) is 0 Å². The van der Waals surface area contributed by atoms with Crippen molar-refractivity contribution >= 4 is 11.7 Å². The van der Waals surface area contributed by atoms with Crippen molar-refractivity contribution in [3.8, 4) is 11.9 Å². The second kappa shape index (κ2) is 6.32. The molecule has 0 radical (unpaired) electrons. The van der Waals surface area contributed by atoms with Gasteiger partial charge in [0.25, 0.3) is 0 Å². The second-order valence-corrected chi connectivity index (χ2v) is 5.05. The first kappa shape index (κ1) is 14.8. The van der Waals surface area contributed by atoms with Gasteiger partial charge in [0, 0.05) is 11.9 Å². The minimum atomic E-state index is -0.357. The Kier molecular flexibility index (Phi) is 4.06. The summed E-state index contributed by atoms with van der Waals surface area (Å²) < 4.78 is 18.4. The molecule has 1 aliphatic heterocycles. The molecule has 116 valence electrons. The third kappa shape index (κ3) is 3.37. The molecule has 1 fully saturated rings. The number of hydrogen-bond acceptors (Lipinski definition) is 4. The smallest absolute Gasteiger partial charge is 0.322 e. The molecule has 1 aromatic carbocycles. The van der Waals surface area contributed by atoms with Crippen molar-refractivity contribution in [2.75, 3.05) is 18.4 Å². The highest BCUT2D eigenvalue weighted by atomic mass is 19.1. The zero-order valence-corrected chi connectivity index (χ0v) is 12.1. The molecular weight excluding hydrogens is 299 g/mol. The number of urea groups is 1. The van der Waals surface area contributed by atoms with E-state index in [9.17, 15) is 9.18 Å². The predicted octanol–water partition coefficient (Wildman–Crippen LogP) is 2.39. The molecule has 1 aliphatic rings. The molecule has 0 unspecified atom stereocenters. The number of nitriles is 1. The van der Waals surface area contributed by atoms with Gasteiger partial charge >= 0.3 is 6.03 Å². The van der Waals surface area contributed by atoms with E-state index in [1.807, 2.05) is 6.07 Å². The first-order chi connectivity index (χ1) is 11.2. The lowest BCUT2D eigenvalue weighted by Gasteiger charge is -2.38. The average molecular weight is 312 g/mol. The van der Waals surface area contributed by atoms with E-state index < -0.39 is 0 Å². The van der Waals surface area contributed by atoms with E-state index >= 15 is 0 Å². The minimum absolute atomic E-state index is 0.198. The van der Waals surface area contributed by atoms with E-state index in [2.05, 4.69) is 10.3 Å². The Hall–Kier alpha value is -3.14. The molecule has 7 heteroatoms. The Morgan fingerprint density at radius 3 is 2.78 bits per heavy atom. The lowest BCUT2D eigenvalue weighted by Crippen LogP contribution is -2.57. The van der Waals surface area contributed by atoms with Crippen LogP contribution in [0.5, 0.6) is 5.88 Å². The SMILES string of the molecule is N#Cc1cccnc1OC1CN(C(=O)Nc2ccc(F)cc2)C1. The highest BCUT2D eigenvalue weighted by Gasteiger charge is 2.33. The van der Waals surface area contributed by atoms with Crippen molar-refractivity contribution in [3.05, 3.63) is 54.0 Å². The Morgan fingerprint density at radius 1 is 1.35 bits per heavy atom. The van der Waals surface area contributed by atoms with Crippen LogP contribution in [0.1, 0.15) is 5.56 Å². The van der Waals surface area contributed by atoms with Crippen molar-refractivity contribution in [2.24, 2.45) is 0 Å². The number of hydrogen-bond donors (Lipinski definition) is 1. The number of anilines is 1. The molecule has 0 aliphatic carbocycles. The van der Waals surface area contributed by atoms with Crippen LogP contribution in [-0.4, -0.2) is 35.1 Å². The van der Waals surface area contributed by atoms with Gasteiger partial charge in [-0.25, -0.2) is 14.2 Å². The number of nitrogens with zero attached hydrogens (tertiary/aromatic N) is 3. The highest BCUT2D eigenvalue weighted by Crippen LogP contribution is 2.20. The average Bonchev–Trinajstić information content (AvgIpc) is 2.53. The van der Waals surface area contributed by atoms with Crippen molar-refractivity contribution in [1.29, 1.82) is 5.26 Å². The fourth-order valence-corrected chi connectivity index (χ4v) is 2.14. The number of carbonyl (C=O) groups excluding carboxylic acids is 1. The molecule has 2 amide bonds. The summed E-state index contributed by atoms with van der Waals surface area (Å²) in [5.41, 5.74) is 0.888. The molecule has 0 atom stereocenters. The van der Waals surface area contributed by atoms with Gasteiger partial charge in [0.05, 0.1) is 13.1 Å². The quantitative estimate of drug-likeness (QED) is 0.944. The normalized spacial score (nSPS) is 13.8. The third-order valence-electron chi connectivity index (χ3n) is 3.40. The van der Waals surface area contributed by atoms with Crippen molar-refractivity contribution in [2.45, 2.75) is 6.10 Å². The maximum absolute atomic E-state index is 12.8. The Labute approximate surface area is 132 Å². The van der Waals surface area contributed by atoms with Crippen LogP contribution in [0.25, 0.3) is 0 Å². The van der Waals surface area contributed by atoms with Gasteiger partial charge in [-0.05, 0) is 36.4 Å². The van der Waals surface area contributed by atoms with Gasteiger partial charge in [-0.1, -0.05) is 0 Å². The lowest BCUT2D eigenvalue weighted by atomic mass is 10.2. The molecular formula is C16H13FN4O2. The number of carbonyl (C=O) groups is 1. The Morgan fingerprint density at radius 2 is 2.09 bits per heavy atom. The van der Waals surface area contributed by atoms with E-state index in [1.54, 1.807) is 23.2 Å². The van der Waals surface area contributed by atoms with Gasteiger partial charge in [-0.2, -0.15) is 5.26 Å². The van der Waals surface area contributed by atoms with Crippen LogP contribution in [0.4, 0.5) is 14.9 Å². The van der Waals surface area contributed by atoms with Gasteiger partial charge in [0.15, 0.2) is 0 Å². The molecule has 6 nitrogen and oxygen atoms in total. The van der Waals surface area contributed by atoms with Crippen molar-refractivity contribution in [3.63, 3.8) is 0 Å². The number of likely N-dealkylation sites (tertiary alicyclic amines) is 1. The third-order valence-corrected chi connectivity index (χ3v) is 3.40. The van der Waals surface area contributed by atoms with Crippen molar-refractivity contribution < 1.29 is 13.9 Å². The predicted molar refractivity (Wildman–Crippen MR) is 80.4 cm³/mol. The number of pyridine rings is 1. The summed E-state index contributed by atoms with van der Waals surface area (Å²) in [6, 6.07) is 10.6. The number of amides is 2. The first-order valence-corrected chi connectivity index (χ1v) is 6.99. The molecule has 1 saturated heterocycles. The van der Waals surface area contributed by atoms with E-state index in [1.165, 1.54) is 24.3 Å². The molecule has 0 saturated carbocycles. The molecule has 2 aromatic rings. The summed E-state index contributed by atoms with van der Waals surface area (Å²) in [7, 11) is 0. The molecule has 1 N–H and O–H groups in total. The van der Waals surface area contributed by atoms with Gasteiger partial charge in [-0.3, -0.25) is 0 Å². The number of halogens is 1. The van der Waals surface area contributed by atoms with E-state index in [4.69, 9.17) is 10.00 Å². The fraction of sp³-hybridized carbons (Fsp3) is 0.188. The number of benzene rings is 1. The maximum atomic E-state index is 12.8. The molecule has 23 heavy (non-hydrogen) atoms. The van der Waals surface area contributed by atoms with Crippen LogP contribution in [0, 0.1) is 17.1 Å². The summed E-state index contributed by atoms with van der Waals surface area (Å²) >= 11 is 0. The lowest BCUT2D eigenvalue weighted by molar-refractivity contribution is 0.0459. The topological polar surface area (TPSA) is 78.2 Å². The standard InChI is InChI=1S/C16H13FN4O2/c17-12-3-5-13(6-4-12)20-16(22)21-9-14(10-21)23-15-11(8-18)2-1-7-19-15/h1-7,14H,9-10H2,(H,20,22). The first-order valence-electron chi connectivity index (χ1n) is 6.99. The van der Waals surface area contributed by atoms with E-state index in [-0.39, 0.29) is 23.8 Å². The fourth-order valence-electron chi connectivity index (χ4n) is 2.14. The summed E-state index contributed by atoms with van der Waals surface area (Å²) in [6.45, 7) is 0.795. The van der Waals surface area contributed by atoms with Gasteiger partial charge < -0.3 is 15.0 Å².